The van der Waals surface area contributed by atoms with Crippen molar-refractivity contribution in [1.82, 2.24) is 0 Å². The number of nitrogens with two attached hydrogens (primary N) is 1. The Labute approximate surface area is 175 Å². The van der Waals surface area contributed by atoms with Crippen LogP contribution in [0.5, 0.6) is 0 Å². The Morgan fingerprint density at radius 2 is 0.929 bits per heavy atom. The van der Waals surface area contributed by atoms with E-state index in [-0.39, 0.29) is 0 Å². The summed E-state index contributed by atoms with van der Waals surface area (Å²) in [6.07, 6.45) is 18.9. The van der Waals surface area contributed by atoms with Crippen molar-refractivity contribution in [3.8, 4) is 0 Å². The molecule has 3 N–H and O–H groups in total. The largest absolute Gasteiger partial charge is 0.472 e. The van der Waals surface area contributed by atoms with Gasteiger partial charge in [0.1, 0.15) is 0 Å². The van der Waals surface area contributed by atoms with Gasteiger partial charge in [-0.2, -0.15) is 0 Å². The van der Waals surface area contributed by atoms with E-state index in [0.717, 1.165) is 45.1 Å². The molecule has 28 heavy (non-hydrogen) atoms. The van der Waals surface area contributed by atoms with Gasteiger partial charge in [-0.05, 0) is 25.8 Å². The molecule has 0 unspecified atom stereocenters. The first kappa shape index (κ1) is 30.3. The standard InChI is InChI=1S/C14H31O4P.C8H19N/c1-3-5-7-9-11-13-17-19(15,16)18-14-12-10-8-6-4-2;1-2-3-4-5-6-7-8-9/h3-14H2,1-2H3,(H,15,16);2-9H2,1H3. The van der Waals surface area contributed by atoms with E-state index in [1.807, 2.05) is 0 Å². The molecule has 6 heteroatoms. The summed E-state index contributed by atoms with van der Waals surface area (Å²) in [6, 6.07) is 0. The summed E-state index contributed by atoms with van der Waals surface area (Å²) in [5.41, 5.74) is 5.34. The van der Waals surface area contributed by atoms with Crippen LogP contribution in [-0.4, -0.2) is 24.7 Å². The Kier molecular flexibility index (Phi) is 27.1. The van der Waals surface area contributed by atoms with Gasteiger partial charge in [-0.1, -0.05) is 104 Å². The van der Waals surface area contributed by atoms with Gasteiger partial charge in [0.25, 0.3) is 0 Å². The first-order chi connectivity index (χ1) is 13.5. The van der Waals surface area contributed by atoms with Crippen LogP contribution < -0.4 is 5.73 Å². The van der Waals surface area contributed by atoms with Gasteiger partial charge in [0.05, 0.1) is 13.2 Å². The number of unbranched alkanes of at least 4 members (excludes halogenated alkanes) is 13. The van der Waals surface area contributed by atoms with Gasteiger partial charge >= 0.3 is 7.82 Å². The monoisotopic (exact) mass is 423 g/mol. The molecule has 0 aliphatic heterocycles. The van der Waals surface area contributed by atoms with Gasteiger partial charge in [0.15, 0.2) is 0 Å². The second-order valence-corrected chi connectivity index (χ2v) is 8.97. The maximum Gasteiger partial charge on any atom is 0.472 e. The molecule has 0 spiro atoms. The zero-order chi connectivity index (χ0) is 21.3. The third-order valence-corrected chi connectivity index (χ3v) is 5.58. The number of rotatable bonds is 20. The SMILES string of the molecule is CCCCCCCCN.CCCCCCCOP(=O)(O)OCCCCCCC. The molecule has 5 nitrogen and oxygen atoms in total. The molecule has 0 saturated heterocycles. The van der Waals surface area contributed by atoms with Crippen LogP contribution >= 0.6 is 7.82 Å². The van der Waals surface area contributed by atoms with Gasteiger partial charge < -0.3 is 10.6 Å². The minimum atomic E-state index is -3.80. The number of hydrogen-bond acceptors (Lipinski definition) is 4. The molecule has 0 aliphatic carbocycles. The maximum absolute atomic E-state index is 11.5. The molecule has 0 aromatic carbocycles. The average molecular weight is 424 g/mol. The molecule has 0 aromatic rings. The molecule has 0 amide bonds. The van der Waals surface area contributed by atoms with Crippen molar-refractivity contribution in [2.75, 3.05) is 19.8 Å². The van der Waals surface area contributed by atoms with Crippen LogP contribution in [0.2, 0.25) is 0 Å². The van der Waals surface area contributed by atoms with Crippen molar-refractivity contribution in [2.24, 2.45) is 5.73 Å². The van der Waals surface area contributed by atoms with Gasteiger partial charge in [0, 0.05) is 0 Å². The first-order valence-corrected chi connectivity index (χ1v) is 13.4. The zero-order valence-corrected chi connectivity index (χ0v) is 20.0. The van der Waals surface area contributed by atoms with Crippen LogP contribution in [0, 0.1) is 0 Å². The van der Waals surface area contributed by atoms with E-state index in [1.165, 1.54) is 64.2 Å². The lowest BCUT2D eigenvalue weighted by molar-refractivity contribution is 0.145. The molecular formula is C22H50NO4P. The van der Waals surface area contributed by atoms with E-state index in [1.54, 1.807) is 0 Å². The molecule has 0 atom stereocenters. The van der Waals surface area contributed by atoms with Crippen LogP contribution in [-0.2, 0) is 13.6 Å². The summed E-state index contributed by atoms with van der Waals surface area (Å²) in [6.45, 7) is 8.05. The van der Waals surface area contributed by atoms with Crippen molar-refractivity contribution in [1.29, 1.82) is 0 Å². The Bertz CT molecular complexity index is 304. The average Bonchev–Trinajstić information content (AvgIpc) is 2.68. The predicted molar refractivity (Wildman–Crippen MR) is 122 cm³/mol. The summed E-state index contributed by atoms with van der Waals surface area (Å²) in [7, 11) is -3.80. The van der Waals surface area contributed by atoms with Crippen LogP contribution in [0.4, 0.5) is 0 Å². The van der Waals surface area contributed by atoms with Gasteiger partial charge in [-0.25, -0.2) is 4.57 Å². The lowest BCUT2D eigenvalue weighted by Gasteiger charge is -2.12. The molecule has 0 radical (unpaired) electrons. The highest BCUT2D eigenvalue weighted by atomic mass is 31.2. The third-order valence-electron chi connectivity index (χ3n) is 4.56. The summed E-state index contributed by atoms with van der Waals surface area (Å²) < 4.78 is 21.4. The predicted octanol–water partition coefficient (Wildman–Crippen LogP) is 7.37. The van der Waals surface area contributed by atoms with E-state index < -0.39 is 7.82 Å². The maximum atomic E-state index is 11.5. The minimum absolute atomic E-state index is 0.313. The fourth-order valence-electron chi connectivity index (χ4n) is 2.73. The van der Waals surface area contributed by atoms with Crippen molar-refractivity contribution >= 4 is 7.82 Å². The Morgan fingerprint density at radius 1 is 0.607 bits per heavy atom. The number of phosphoric acid groups is 1. The highest BCUT2D eigenvalue weighted by Gasteiger charge is 2.19. The van der Waals surface area contributed by atoms with Crippen LogP contribution in [0.25, 0.3) is 0 Å². The van der Waals surface area contributed by atoms with E-state index in [0.29, 0.717) is 13.2 Å². The highest BCUT2D eigenvalue weighted by molar-refractivity contribution is 7.47. The summed E-state index contributed by atoms with van der Waals surface area (Å²) in [5, 5.41) is 0. The van der Waals surface area contributed by atoms with E-state index in [4.69, 9.17) is 14.8 Å². The van der Waals surface area contributed by atoms with Crippen molar-refractivity contribution in [3.63, 3.8) is 0 Å². The molecule has 0 aromatic heterocycles. The van der Waals surface area contributed by atoms with Gasteiger partial charge in [-0.3, -0.25) is 9.05 Å². The fourth-order valence-corrected chi connectivity index (χ4v) is 3.53. The zero-order valence-electron chi connectivity index (χ0n) is 19.1. The Balaban J connectivity index is 0. The molecule has 0 heterocycles. The van der Waals surface area contributed by atoms with Gasteiger partial charge in [0.2, 0.25) is 0 Å². The smallest absolute Gasteiger partial charge is 0.330 e. The van der Waals surface area contributed by atoms with Crippen LogP contribution in [0.3, 0.4) is 0 Å². The Hall–Kier alpha value is 0.0700. The van der Waals surface area contributed by atoms with Crippen molar-refractivity contribution in [2.45, 2.75) is 124 Å². The first-order valence-electron chi connectivity index (χ1n) is 11.9. The topological polar surface area (TPSA) is 81.8 Å². The molecule has 0 bridgehead atoms. The van der Waals surface area contributed by atoms with Crippen molar-refractivity contribution < 1.29 is 18.5 Å². The fraction of sp³-hybridized carbons (Fsp3) is 1.00. The Morgan fingerprint density at radius 3 is 1.29 bits per heavy atom. The lowest BCUT2D eigenvalue weighted by atomic mass is 10.1. The van der Waals surface area contributed by atoms with E-state index >= 15 is 0 Å². The second kappa shape index (κ2) is 25.1. The van der Waals surface area contributed by atoms with E-state index in [9.17, 15) is 9.46 Å². The quantitative estimate of drug-likeness (QED) is 0.158. The van der Waals surface area contributed by atoms with Gasteiger partial charge in [-0.15, -0.1) is 0 Å². The molecule has 0 aliphatic rings. The summed E-state index contributed by atoms with van der Waals surface area (Å²) >= 11 is 0. The second-order valence-electron chi connectivity index (χ2n) is 7.52. The molecule has 0 rings (SSSR count). The molecule has 0 fully saturated rings. The minimum Gasteiger partial charge on any atom is -0.330 e. The molecular weight excluding hydrogens is 373 g/mol. The number of phosphoric ester groups is 1. The number of hydrogen-bond donors (Lipinski definition) is 2. The van der Waals surface area contributed by atoms with Crippen molar-refractivity contribution in [3.05, 3.63) is 0 Å². The van der Waals surface area contributed by atoms with Crippen LogP contribution in [0.15, 0.2) is 0 Å². The third kappa shape index (κ3) is 28.3. The van der Waals surface area contributed by atoms with Crippen LogP contribution in [0.1, 0.15) is 124 Å². The normalized spacial score (nSPS) is 11.3. The summed E-state index contributed by atoms with van der Waals surface area (Å²) in [5.74, 6) is 0. The molecule has 0 saturated carbocycles. The highest BCUT2D eigenvalue weighted by Crippen LogP contribution is 2.43. The summed E-state index contributed by atoms with van der Waals surface area (Å²) in [4.78, 5) is 9.43. The lowest BCUT2D eigenvalue weighted by Crippen LogP contribution is -1.99. The van der Waals surface area contributed by atoms with E-state index in [2.05, 4.69) is 20.8 Å². The molecule has 172 valence electrons.